The second-order valence-corrected chi connectivity index (χ2v) is 4.43. The van der Waals surface area contributed by atoms with Crippen molar-refractivity contribution in [1.82, 2.24) is 14.8 Å². The Bertz CT molecular complexity index is 334. The van der Waals surface area contributed by atoms with Crippen LogP contribution in [0.25, 0.3) is 0 Å². The van der Waals surface area contributed by atoms with Crippen molar-refractivity contribution in [3.05, 3.63) is 12.2 Å². The summed E-state index contributed by atoms with van der Waals surface area (Å²) in [4.78, 5) is 4.19. The summed E-state index contributed by atoms with van der Waals surface area (Å²) in [5.41, 5.74) is 6.20. The lowest BCUT2D eigenvalue weighted by Crippen LogP contribution is -2.40. The quantitative estimate of drug-likeness (QED) is 0.764. The van der Waals surface area contributed by atoms with E-state index in [9.17, 15) is 0 Å². The van der Waals surface area contributed by atoms with Gasteiger partial charge in [0.1, 0.15) is 12.2 Å². The molecule has 90 valence electrons. The van der Waals surface area contributed by atoms with Gasteiger partial charge in [0, 0.05) is 26.1 Å². The third-order valence-corrected chi connectivity index (χ3v) is 3.09. The summed E-state index contributed by atoms with van der Waals surface area (Å²) in [6, 6.07) is 0.0235. The molecular formula is C11H20N4O. The second kappa shape index (κ2) is 4.93. The van der Waals surface area contributed by atoms with E-state index in [4.69, 9.17) is 10.5 Å². The molecule has 1 aromatic rings. The third-order valence-electron chi connectivity index (χ3n) is 3.09. The minimum atomic E-state index is 0.0235. The summed E-state index contributed by atoms with van der Waals surface area (Å²) in [6.07, 6.45) is 4.97. The molecule has 0 saturated heterocycles. The van der Waals surface area contributed by atoms with Gasteiger partial charge in [-0.25, -0.2) is 4.98 Å². The molecule has 1 fully saturated rings. The van der Waals surface area contributed by atoms with Crippen LogP contribution in [0, 0.1) is 5.92 Å². The molecule has 2 N–H and O–H groups in total. The van der Waals surface area contributed by atoms with E-state index in [0.29, 0.717) is 5.92 Å². The van der Waals surface area contributed by atoms with Crippen LogP contribution in [0.3, 0.4) is 0 Å². The van der Waals surface area contributed by atoms with Crippen molar-refractivity contribution >= 4 is 0 Å². The molecule has 2 unspecified atom stereocenters. The van der Waals surface area contributed by atoms with Gasteiger partial charge in [-0.05, 0) is 25.7 Å². The Morgan fingerprint density at radius 2 is 2.38 bits per heavy atom. The van der Waals surface area contributed by atoms with E-state index >= 15 is 0 Å². The zero-order valence-corrected chi connectivity index (χ0v) is 9.97. The van der Waals surface area contributed by atoms with Crippen molar-refractivity contribution in [2.45, 2.75) is 38.3 Å². The zero-order chi connectivity index (χ0) is 11.5. The molecule has 2 rings (SSSR count). The molecular weight excluding hydrogens is 204 g/mol. The van der Waals surface area contributed by atoms with Crippen LogP contribution in [0.5, 0.6) is 0 Å². The van der Waals surface area contributed by atoms with E-state index in [2.05, 4.69) is 10.1 Å². The molecule has 1 aromatic heterocycles. The predicted molar refractivity (Wildman–Crippen MR) is 60.8 cm³/mol. The summed E-state index contributed by atoms with van der Waals surface area (Å²) in [5, 5.41) is 4.04. The Morgan fingerprint density at radius 3 is 2.88 bits per heavy atom. The molecule has 1 aliphatic carbocycles. The Labute approximate surface area is 96.0 Å². The summed E-state index contributed by atoms with van der Waals surface area (Å²) < 4.78 is 7.51. The maximum atomic E-state index is 6.20. The molecule has 0 aliphatic heterocycles. The minimum Gasteiger partial charge on any atom is -0.377 e. The molecule has 0 spiro atoms. The van der Waals surface area contributed by atoms with Crippen LogP contribution in [0.1, 0.15) is 25.6 Å². The van der Waals surface area contributed by atoms with Crippen LogP contribution >= 0.6 is 0 Å². The lowest BCUT2D eigenvalue weighted by molar-refractivity contribution is 0.0282. The van der Waals surface area contributed by atoms with Crippen molar-refractivity contribution < 1.29 is 4.74 Å². The molecule has 0 amide bonds. The highest BCUT2D eigenvalue weighted by Crippen LogP contribution is 2.35. The molecule has 0 radical (unpaired) electrons. The number of nitrogens with two attached hydrogens (primary N) is 1. The second-order valence-electron chi connectivity index (χ2n) is 4.43. The van der Waals surface area contributed by atoms with Crippen molar-refractivity contribution in [3.8, 4) is 0 Å². The van der Waals surface area contributed by atoms with Crippen LogP contribution in [-0.4, -0.2) is 33.5 Å². The van der Waals surface area contributed by atoms with Gasteiger partial charge in [0.15, 0.2) is 0 Å². The number of ether oxygens (including phenoxy) is 1. The fraction of sp³-hybridized carbons (Fsp3) is 0.818. The normalized spacial score (nSPS) is 19.7. The van der Waals surface area contributed by atoms with Crippen molar-refractivity contribution in [2.75, 3.05) is 6.61 Å². The summed E-state index contributed by atoms with van der Waals surface area (Å²) in [5.74, 6) is 1.58. The average molecular weight is 224 g/mol. The minimum absolute atomic E-state index is 0.0235. The first-order valence-corrected chi connectivity index (χ1v) is 5.92. The van der Waals surface area contributed by atoms with Gasteiger partial charge >= 0.3 is 0 Å². The molecule has 0 aromatic carbocycles. The maximum Gasteiger partial charge on any atom is 0.138 e. The fourth-order valence-electron chi connectivity index (χ4n) is 2.06. The average Bonchev–Trinajstić information content (AvgIpc) is 3.01. The molecule has 1 aliphatic rings. The smallest absolute Gasteiger partial charge is 0.138 e. The predicted octanol–water partition coefficient (Wildman–Crippen LogP) is 0.500. The van der Waals surface area contributed by atoms with Crippen molar-refractivity contribution in [3.63, 3.8) is 0 Å². The first kappa shape index (κ1) is 11.5. The van der Waals surface area contributed by atoms with Gasteiger partial charge in [-0.2, -0.15) is 5.10 Å². The van der Waals surface area contributed by atoms with Crippen LogP contribution in [0.15, 0.2) is 6.33 Å². The van der Waals surface area contributed by atoms with E-state index in [0.717, 1.165) is 18.9 Å². The molecule has 5 nitrogen and oxygen atoms in total. The van der Waals surface area contributed by atoms with Gasteiger partial charge in [-0.1, -0.05) is 0 Å². The van der Waals surface area contributed by atoms with Crippen LogP contribution in [-0.2, 0) is 18.2 Å². The third kappa shape index (κ3) is 2.59. The monoisotopic (exact) mass is 224 g/mol. The van der Waals surface area contributed by atoms with E-state index in [1.54, 1.807) is 11.0 Å². The topological polar surface area (TPSA) is 66.0 Å². The van der Waals surface area contributed by atoms with Gasteiger partial charge < -0.3 is 10.5 Å². The van der Waals surface area contributed by atoms with Crippen molar-refractivity contribution in [1.29, 1.82) is 0 Å². The highest BCUT2D eigenvalue weighted by atomic mass is 16.5. The van der Waals surface area contributed by atoms with Gasteiger partial charge in [0.05, 0.1) is 6.10 Å². The molecule has 0 bridgehead atoms. The summed E-state index contributed by atoms with van der Waals surface area (Å²) in [6.45, 7) is 2.75. The number of hydrogen-bond acceptors (Lipinski definition) is 4. The SMILES string of the molecule is CCOC(C(N)Cc1ncnn1C)C1CC1. The van der Waals surface area contributed by atoms with Gasteiger partial charge in [-0.15, -0.1) is 0 Å². The fourth-order valence-corrected chi connectivity index (χ4v) is 2.06. The van der Waals surface area contributed by atoms with E-state index in [1.807, 2.05) is 14.0 Å². The first-order valence-electron chi connectivity index (χ1n) is 5.92. The molecule has 16 heavy (non-hydrogen) atoms. The maximum absolute atomic E-state index is 6.20. The first-order chi connectivity index (χ1) is 7.72. The Balaban J connectivity index is 1.94. The van der Waals surface area contributed by atoms with Gasteiger partial charge in [-0.3, -0.25) is 4.68 Å². The van der Waals surface area contributed by atoms with E-state index in [1.165, 1.54) is 12.8 Å². The Kier molecular flexibility index (Phi) is 3.56. The molecule has 1 heterocycles. The molecule has 5 heteroatoms. The highest BCUT2D eigenvalue weighted by molar-refractivity contribution is 4.95. The van der Waals surface area contributed by atoms with Crippen LogP contribution in [0.2, 0.25) is 0 Å². The van der Waals surface area contributed by atoms with Gasteiger partial charge in [0.2, 0.25) is 0 Å². The highest BCUT2D eigenvalue weighted by Gasteiger charge is 2.36. The number of hydrogen-bond donors (Lipinski definition) is 1. The lowest BCUT2D eigenvalue weighted by atomic mass is 10.0. The van der Waals surface area contributed by atoms with Crippen molar-refractivity contribution in [2.24, 2.45) is 18.7 Å². The van der Waals surface area contributed by atoms with Crippen LogP contribution in [0.4, 0.5) is 0 Å². The largest absolute Gasteiger partial charge is 0.377 e. The number of rotatable bonds is 6. The number of nitrogens with zero attached hydrogens (tertiary/aromatic N) is 3. The van der Waals surface area contributed by atoms with Crippen LogP contribution < -0.4 is 5.73 Å². The van der Waals surface area contributed by atoms with Gasteiger partial charge in [0.25, 0.3) is 0 Å². The lowest BCUT2D eigenvalue weighted by Gasteiger charge is -2.23. The summed E-state index contributed by atoms with van der Waals surface area (Å²) in [7, 11) is 1.89. The number of aryl methyl sites for hydroxylation is 1. The standard InChI is InChI=1S/C11H20N4O/c1-3-16-11(8-4-5-8)9(12)6-10-13-7-14-15(10)2/h7-9,11H,3-6,12H2,1-2H3. The molecule has 2 atom stereocenters. The zero-order valence-electron chi connectivity index (χ0n) is 9.97. The Morgan fingerprint density at radius 1 is 1.62 bits per heavy atom. The Hall–Kier alpha value is -0.940. The summed E-state index contributed by atoms with van der Waals surface area (Å²) >= 11 is 0. The van der Waals surface area contributed by atoms with E-state index < -0.39 is 0 Å². The van der Waals surface area contributed by atoms with E-state index in [-0.39, 0.29) is 12.1 Å². The molecule has 1 saturated carbocycles. The number of aromatic nitrogens is 3.